The first kappa shape index (κ1) is 13.4. The molecule has 18 heavy (non-hydrogen) atoms. The molecular formula is C16H25NO. The van der Waals surface area contributed by atoms with Crippen LogP contribution in [-0.4, -0.2) is 6.54 Å². The minimum absolute atomic E-state index is 0.297. The molecule has 0 saturated heterocycles. The van der Waals surface area contributed by atoms with Crippen molar-refractivity contribution in [1.82, 2.24) is 5.32 Å². The average Bonchev–Trinajstić information content (AvgIpc) is 2.89. The van der Waals surface area contributed by atoms with Gasteiger partial charge < -0.3 is 9.73 Å². The lowest BCUT2D eigenvalue weighted by Crippen LogP contribution is -2.24. The van der Waals surface area contributed by atoms with E-state index in [9.17, 15) is 0 Å². The molecule has 0 fully saturated rings. The molecule has 0 aliphatic heterocycles. The van der Waals surface area contributed by atoms with E-state index < -0.39 is 0 Å². The Hall–Kier alpha value is -1.02. The highest BCUT2D eigenvalue weighted by atomic mass is 16.3. The molecule has 1 unspecified atom stereocenters. The van der Waals surface area contributed by atoms with Crippen LogP contribution in [0.25, 0.3) is 0 Å². The van der Waals surface area contributed by atoms with Crippen LogP contribution in [0.15, 0.2) is 28.2 Å². The molecule has 0 saturated carbocycles. The number of aryl methyl sites for hydroxylation is 1. The summed E-state index contributed by atoms with van der Waals surface area (Å²) in [5.74, 6) is 2.18. The van der Waals surface area contributed by atoms with Crippen LogP contribution in [0.4, 0.5) is 0 Å². The monoisotopic (exact) mass is 247 g/mol. The normalized spacial score (nSPS) is 17.6. The summed E-state index contributed by atoms with van der Waals surface area (Å²) >= 11 is 0. The average molecular weight is 247 g/mol. The molecule has 1 aromatic rings. The molecule has 100 valence electrons. The molecule has 1 aliphatic rings. The van der Waals surface area contributed by atoms with Crippen LogP contribution in [0.3, 0.4) is 0 Å². The number of rotatable bonds is 6. The van der Waals surface area contributed by atoms with Gasteiger partial charge in [0.15, 0.2) is 0 Å². The Balaban J connectivity index is 2.15. The summed E-state index contributed by atoms with van der Waals surface area (Å²) in [5, 5.41) is 3.63. The standard InChI is InChI=1S/C16H25NO/c1-3-12-17-16(13-8-6-5-7-9-13)15-11-10-14(4-2)18-15/h8,10-11,16-17H,3-7,9,12H2,1-2H3. The molecule has 1 heterocycles. The van der Waals surface area contributed by atoms with Crippen molar-refractivity contribution in [3.8, 4) is 0 Å². The fourth-order valence-corrected chi connectivity index (χ4v) is 2.57. The SMILES string of the molecule is CCCNC(C1=CCCCC1)c1ccc(CC)o1. The zero-order valence-corrected chi connectivity index (χ0v) is 11.7. The van der Waals surface area contributed by atoms with E-state index in [1.54, 1.807) is 0 Å². The van der Waals surface area contributed by atoms with Crippen LogP contribution in [0.1, 0.15) is 63.5 Å². The second kappa shape index (κ2) is 6.79. The smallest absolute Gasteiger partial charge is 0.125 e. The third kappa shape index (κ3) is 3.26. The summed E-state index contributed by atoms with van der Waals surface area (Å²) in [4.78, 5) is 0. The van der Waals surface area contributed by atoms with Crippen molar-refractivity contribution < 1.29 is 4.42 Å². The third-order valence-electron chi connectivity index (χ3n) is 3.61. The van der Waals surface area contributed by atoms with Crippen LogP contribution in [0.5, 0.6) is 0 Å². The van der Waals surface area contributed by atoms with E-state index >= 15 is 0 Å². The molecule has 2 heteroatoms. The Morgan fingerprint density at radius 3 is 2.78 bits per heavy atom. The maximum absolute atomic E-state index is 5.94. The second-order valence-electron chi connectivity index (χ2n) is 5.07. The number of allylic oxidation sites excluding steroid dienone is 1. The lowest BCUT2D eigenvalue weighted by molar-refractivity contribution is 0.409. The molecule has 1 atom stereocenters. The van der Waals surface area contributed by atoms with Crippen molar-refractivity contribution in [1.29, 1.82) is 0 Å². The van der Waals surface area contributed by atoms with E-state index in [4.69, 9.17) is 4.42 Å². The van der Waals surface area contributed by atoms with Crippen LogP contribution >= 0.6 is 0 Å². The first-order valence-corrected chi connectivity index (χ1v) is 7.36. The first-order chi connectivity index (χ1) is 8.85. The first-order valence-electron chi connectivity index (χ1n) is 7.36. The Labute approximate surface area is 110 Å². The predicted molar refractivity (Wildman–Crippen MR) is 75.7 cm³/mol. The van der Waals surface area contributed by atoms with E-state index in [2.05, 4.69) is 37.4 Å². The van der Waals surface area contributed by atoms with Gasteiger partial charge in [-0.15, -0.1) is 0 Å². The van der Waals surface area contributed by atoms with Crippen molar-refractivity contribution >= 4 is 0 Å². The highest BCUT2D eigenvalue weighted by Crippen LogP contribution is 2.30. The quantitative estimate of drug-likeness (QED) is 0.754. The lowest BCUT2D eigenvalue weighted by Gasteiger charge is -2.22. The predicted octanol–water partition coefficient (Wildman–Crippen LogP) is 4.38. The minimum atomic E-state index is 0.297. The van der Waals surface area contributed by atoms with Gasteiger partial charge in [-0.05, 0) is 56.4 Å². The fourth-order valence-electron chi connectivity index (χ4n) is 2.57. The molecule has 1 aliphatic carbocycles. The van der Waals surface area contributed by atoms with Gasteiger partial charge in [-0.3, -0.25) is 0 Å². The van der Waals surface area contributed by atoms with Gasteiger partial charge in [-0.1, -0.05) is 19.9 Å². The van der Waals surface area contributed by atoms with Crippen LogP contribution < -0.4 is 5.32 Å². The zero-order valence-electron chi connectivity index (χ0n) is 11.7. The van der Waals surface area contributed by atoms with E-state index in [-0.39, 0.29) is 0 Å². The van der Waals surface area contributed by atoms with Crippen molar-refractivity contribution in [2.75, 3.05) is 6.54 Å². The Kier molecular flexibility index (Phi) is 5.06. The number of hydrogen-bond donors (Lipinski definition) is 1. The topological polar surface area (TPSA) is 25.2 Å². The summed E-state index contributed by atoms with van der Waals surface area (Å²) in [5.41, 5.74) is 1.52. The van der Waals surface area contributed by atoms with Gasteiger partial charge in [0.2, 0.25) is 0 Å². The molecule has 2 nitrogen and oxygen atoms in total. The van der Waals surface area contributed by atoms with E-state index in [0.717, 1.165) is 30.9 Å². The van der Waals surface area contributed by atoms with Crippen molar-refractivity contribution in [3.63, 3.8) is 0 Å². The summed E-state index contributed by atoms with van der Waals surface area (Å²) in [6.07, 6.45) is 9.63. The Morgan fingerprint density at radius 2 is 2.17 bits per heavy atom. The van der Waals surface area contributed by atoms with Gasteiger partial charge in [0, 0.05) is 6.42 Å². The van der Waals surface area contributed by atoms with E-state index in [0.29, 0.717) is 6.04 Å². The van der Waals surface area contributed by atoms with Gasteiger partial charge in [0.05, 0.1) is 6.04 Å². The van der Waals surface area contributed by atoms with Crippen molar-refractivity contribution in [2.24, 2.45) is 0 Å². The third-order valence-corrected chi connectivity index (χ3v) is 3.61. The van der Waals surface area contributed by atoms with Crippen LogP contribution in [0, 0.1) is 0 Å². The van der Waals surface area contributed by atoms with Gasteiger partial charge >= 0.3 is 0 Å². The number of hydrogen-bond acceptors (Lipinski definition) is 2. The lowest BCUT2D eigenvalue weighted by atomic mass is 9.92. The minimum Gasteiger partial charge on any atom is -0.464 e. The maximum atomic E-state index is 5.94. The van der Waals surface area contributed by atoms with Crippen LogP contribution in [-0.2, 0) is 6.42 Å². The van der Waals surface area contributed by atoms with Crippen LogP contribution in [0.2, 0.25) is 0 Å². The van der Waals surface area contributed by atoms with E-state index in [1.165, 1.54) is 31.3 Å². The molecule has 1 aromatic heterocycles. The molecule has 0 bridgehead atoms. The summed E-state index contributed by atoms with van der Waals surface area (Å²) in [6.45, 7) is 5.39. The highest BCUT2D eigenvalue weighted by Gasteiger charge is 2.20. The summed E-state index contributed by atoms with van der Waals surface area (Å²) in [7, 11) is 0. The molecule has 0 radical (unpaired) electrons. The zero-order chi connectivity index (χ0) is 12.8. The molecule has 1 N–H and O–H groups in total. The van der Waals surface area contributed by atoms with Gasteiger partial charge in [0.25, 0.3) is 0 Å². The Bertz CT molecular complexity index is 392. The maximum Gasteiger partial charge on any atom is 0.125 e. The highest BCUT2D eigenvalue weighted by molar-refractivity contribution is 5.23. The molecule has 0 aromatic carbocycles. The summed E-state index contributed by atoms with van der Waals surface area (Å²) in [6, 6.07) is 4.55. The van der Waals surface area contributed by atoms with Crippen molar-refractivity contribution in [3.05, 3.63) is 35.3 Å². The van der Waals surface area contributed by atoms with Crippen molar-refractivity contribution in [2.45, 2.75) is 58.4 Å². The molecular weight excluding hydrogens is 222 g/mol. The van der Waals surface area contributed by atoms with Gasteiger partial charge in [0.1, 0.15) is 11.5 Å². The molecule has 0 amide bonds. The Morgan fingerprint density at radius 1 is 1.28 bits per heavy atom. The number of furan rings is 1. The fraction of sp³-hybridized carbons (Fsp3) is 0.625. The number of nitrogens with one attached hydrogen (secondary N) is 1. The molecule has 2 rings (SSSR count). The van der Waals surface area contributed by atoms with Gasteiger partial charge in [-0.25, -0.2) is 0 Å². The van der Waals surface area contributed by atoms with Gasteiger partial charge in [-0.2, -0.15) is 0 Å². The largest absolute Gasteiger partial charge is 0.464 e. The second-order valence-corrected chi connectivity index (χ2v) is 5.07. The summed E-state index contributed by atoms with van der Waals surface area (Å²) < 4.78 is 5.94. The molecule has 0 spiro atoms. The van der Waals surface area contributed by atoms with E-state index in [1.807, 2.05) is 0 Å².